The Morgan fingerprint density at radius 2 is 1.62 bits per heavy atom. The normalized spacial score (nSPS) is 22.0. The van der Waals surface area contributed by atoms with Gasteiger partial charge in [0.15, 0.2) is 0 Å². The maximum Gasteiger partial charge on any atom is 0.0367 e. The molecule has 3 rings (SSSR count). The molecule has 1 aliphatic carbocycles. The molecule has 0 bridgehead atoms. The quantitative estimate of drug-likeness (QED) is 0.788. The molecular weight excluding hydrogens is 294 g/mol. The molecule has 0 radical (unpaired) electrons. The van der Waals surface area contributed by atoms with E-state index in [9.17, 15) is 0 Å². The lowest BCUT2D eigenvalue weighted by Gasteiger charge is -2.40. The molecule has 1 saturated carbocycles. The van der Waals surface area contributed by atoms with Gasteiger partial charge >= 0.3 is 0 Å². The van der Waals surface area contributed by atoms with Crippen molar-refractivity contribution < 1.29 is 0 Å². The molecule has 1 saturated heterocycles. The molecular formula is C21H35N3. The Labute approximate surface area is 148 Å². The van der Waals surface area contributed by atoms with Gasteiger partial charge in [-0.15, -0.1) is 0 Å². The standard InChI is InChI=1S/C21H35N3/c1-22(2)21(17-19-9-5-3-6-10-19)18-23-13-15-24(16-14-23)20-11-7-4-8-12-20/h4,7-8,11-12,19,21H,3,5-6,9-10,13-18H2,1-2H3. The minimum atomic E-state index is 0.719. The Balaban J connectivity index is 1.47. The molecule has 1 heterocycles. The highest BCUT2D eigenvalue weighted by atomic mass is 15.3. The van der Waals surface area contributed by atoms with Crippen molar-refractivity contribution in [2.75, 3.05) is 51.7 Å². The van der Waals surface area contributed by atoms with Crippen LogP contribution in [0.2, 0.25) is 0 Å². The Morgan fingerprint density at radius 3 is 2.25 bits per heavy atom. The molecule has 3 heteroatoms. The van der Waals surface area contributed by atoms with Crippen molar-refractivity contribution in [3.05, 3.63) is 30.3 Å². The van der Waals surface area contributed by atoms with Gasteiger partial charge in [-0.3, -0.25) is 4.90 Å². The zero-order valence-corrected chi connectivity index (χ0v) is 15.7. The van der Waals surface area contributed by atoms with E-state index in [0.29, 0.717) is 0 Å². The predicted molar refractivity (Wildman–Crippen MR) is 104 cm³/mol. The monoisotopic (exact) mass is 329 g/mol. The van der Waals surface area contributed by atoms with Gasteiger partial charge in [0.25, 0.3) is 0 Å². The lowest BCUT2D eigenvalue weighted by molar-refractivity contribution is 0.145. The summed E-state index contributed by atoms with van der Waals surface area (Å²) >= 11 is 0. The largest absolute Gasteiger partial charge is 0.369 e. The van der Waals surface area contributed by atoms with E-state index in [1.807, 2.05) is 0 Å². The third-order valence-corrected chi connectivity index (χ3v) is 6.02. The molecule has 0 spiro atoms. The fraction of sp³-hybridized carbons (Fsp3) is 0.714. The Hall–Kier alpha value is -1.06. The number of hydrogen-bond donors (Lipinski definition) is 0. The van der Waals surface area contributed by atoms with Crippen molar-refractivity contribution >= 4 is 5.69 Å². The van der Waals surface area contributed by atoms with Crippen molar-refractivity contribution in [3.63, 3.8) is 0 Å². The third kappa shape index (κ3) is 4.97. The number of para-hydroxylation sites is 1. The van der Waals surface area contributed by atoms with Gasteiger partial charge in [0.2, 0.25) is 0 Å². The molecule has 0 aromatic heterocycles. The lowest BCUT2D eigenvalue weighted by atomic mass is 9.84. The van der Waals surface area contributed by atoms with Crippen molar-refractivity contribution in [2.45, 2.75) is 44.6 Å². The molecule has 1 aromatic carbocycles. The summed E-state index contributed by atoms with van der Waals surface area (Å²) in [5.41, 5.74) is 1.38. The maximum atomic E-state index is 2.69. The summed E-state index contributed by atoms with van der Waals surface area (Å²) in [6.45, 7) is 5.96. The minimum Gasteiger partial charge on any atom is -0.369 e. The fourth-order valence-electron chi connectivity index (χ4n) is 4.38. The fourth-order valence-corrected chi connectivity index (χ4v) is 4.38. The van der Waals surface area contributed by atoms with E-state index in [2.05, 4.69) is 59.1 Å². The molecule has 0 N–H and O–H groups in total. The van der Waals surface area contributed by atoms with Gasteiger partial charge in [0, 0.05) is 44.5 Å². The van der Waals surface area contributed by atoms with E-state index in [1.54, 1.807) is 0 Å². The van der Waals surface area contributed by atoms with E-state index in [1.165, 1.54) is 63.8 Å². The first-order chi connectivity index (χ1) is 11.7. The summed E-state index contributed by atoms with van der Waals surface area (Å²) in [6, 6.07) is 11.6. The van der Waals surface area contributed by atoms with Crippen molar-refractivity contribution in [2.24, 2.45) is 5.92 Å². The first kappa shape index (κ1) is 17.8. The second-order valence-corrected chi connectivity index (χ2v) is 7.98. The van der Waals surface area contributed by atoms with Crippen molar-refractivity contribution in [1.29, 1.82) is 0 Å². The number of nitrogens with zero attached hydrogens (tertiary/aromatic N) is 3. The van der Waals surface area contributed by atoms with Gasteiger partial charge in [-0.2, -0.15) is 0 Å². The van der Waals surface area contributed by atoms with Crippen LogP contribution in [0.4, 0.5) is 5.69 Å². The zero-order valence-electron chi connectivity index (χ0n) is 15.7. The van der Waals surface area contributed by atoms with Gasteiger partial charge in [-0.25, -0.2) is 0 Å². The second kappa shape index (κ2) is 8.87. The van der Waals surface area contributed by atoms with Crippen LogP contribution in [-0.4, -0.2) is 62.7 Å². The summed E-state index contributed by atoms with van der Waals surface area (Å²) < 4.78 is 0. The number of likely N-dealkylation sites (N-methyl/N-ethyl adjacent to an activating group) is 1. The molecule has 0 amide bonds. The average Bonchev–Trinajstić information content (AvgIpc) is 2.63. The molecule has 2 fully saturated rings. The molecule has 1 unspecified atom stereocenters. The highest BCUT2D eigenvalue weighted by molar-refractivity contribution is 5.46. The number of hydrogen-bond acceptors (Lipinski definition) is 3. The van der Waals surface area contributed by atoms with Crippen LogP contribution in [0.25, 0.3) is 0 Å². The topological polar surface area (TPSA) is 9.72 Å². The van der Waals surface area contributed by atoms with Gasteiger partial charge in [0.1, 0.15) is 0 Å². The molecule has 134 valence electrons. The van der Waals surface area contributed by atoms with Crippen LogP contribution in [0.15, 0.2) is 30.3 Å². The van der Waals surface area contributed by atoms with Crippen LogP contribution in [0, 0.1) is 5.92 Å². The molecule has 24 heavy (non-hydrogen) atoms. The Bertz CT molecular complexity index is 459. The number of benzene rings is 1. The summed E-state index contributed by atoms with van der Waals surface area (Å²) in [7, 11) is 4.54. The smallest absolute Gasteiger partial charge is 0.0367 e. The highest BCUT2D eigenvalue weighted by Gasteiger charge is 2.24. The van der Waals surface area contributed by atoms with Gasteiger partial charge in [-0.1, -0.05) is 50.3 Å². The second-order valence-electron chi connectivity index (χ2n) is 7.98. The van der Waals surface area contributed by atoms with Crippen LogP contribution in [0.1, 0.15) is 38.5 Å². The highest BCUT2D eigenvalue weighted by Crippen LogP contribution is 2.28. The molecule has 3 nitrogen and oxygen atoms in total. The molecule has 2 aliphatic rings. The molecule has 1 aliphatic heterocycles. The number of anilines is 1. The van der Waals surface area contributed by atoms with Gasteiger partial charge in [-0.05, 0) is 38.6 Å². The predicted octanol–water partition coefficient (Wildman–Crippen LogP) is 3.71. The molecule has 1 aromatic rings. The number of piperazine rings is 1. The summed E-state index contributed by atoms with van der Waals surface area (Å²) in [6.07, 6.45) is 8.70. The maximum absolute atomic E-state index is 2.69. The van der Waals surface area contributed by atoms with Gasteiger partial charge < -0.3 is 9.80 Å². The summed E-state index contributed by atoms with van der Waals surface area (Å²) in [5, 5.41) is 0. The van der Waals surface area contributed by atoms with E-state index < -0.39 is 0 Å². The van der Waals surface area contributed by atoms with Crippen LogP contribution in [0.3, 0.4) is 0 Å². The first-order valence-corrected chi connectivity index (χ1v) is 9.91. The van der Waals surface area contributed by atoms with E-state index >= 15 is 0 Å². The van der Waals surface area contributed by atoms with E-state index in [-0.39, 0.29) is 0 Å². The van der Waals surface area contributed by atoms with Crippen LogP contribution >= 0.6 is 0 Å². The van der Waals surface area contributed by atoms with Crippen LogP contribution < -0.4 is 4.90 Å². The lowest BCUT2D eigenvalue weighted by Crippen LogP contribution is -2.51. The Morgan fingerprint density at radius 1 is 0.958 bits per heavy atom. The van der Waals surface area contributed by atoms with Crippen molar-refractivity contribution in [3.8, 4) is 0 Å². The van der Waals surface area contributed by atoms with Gasteiger partial charge in [0.05, 0.1) is 0 Å². The van der Waals surface area contributed by atoms with E-state index in [4.69, 9.17) is 0 Å². The molecule has 1 atom stereocenters. The third-order valence-electron chi connectivity index (χ3n) is 6.02. The summed E-state index contributed by atoms with van der Waals surface area (Å²) in [5.74, 6) is 0.969. The summed E-state index contributed by atoms with van der Waals surface area (Å²) in [4.78, 5) is 7.69. The first-order valence-electron chi connectivity index (χ1n) is 9.91. The SMILES string of the molecule is CN(C)C(CC1CCCCC1)CN1CCN(c2ccccc2)CC1. The van der Waals surface area contributed by atoms with E-state index in [0.717, 1.165) is 25.0 Å². The van der Waals surface area contributed by atoms with Crippen LogP contribution in [0.5, 0.6) is 0 Å². The number of rotatable bonds is 6. The average molecular weight is 330 g/mol. The van der Waals surface area contributed by atoms with Crippen LogP contribution in [-0.2, 0) is 0 Å². The minimum absolute atomic E-state index is 0.719. The zero-order chi connectivity index (χ0) is 16.8. The van der Waals surface area contributed by atoms with Crippen molar-refractivity contribution in [1.82, 2.24) is 9.80 Å². The Kier molecular flexibility index (Phi) is 6.56.